The molecule has 0 N–H and O–H groups in total. The van der Waals surface area contributed by atoms with Gasteiger partial charge in [0.2, 0.25) is 0 Å². The van der Waals surface area contributed by atoms with Crippen LogP contribution in [-0.2, 0) is 11.3 Å². The van der Waals surface area contributed by atoms with Crippen molar-refractivity contribution >= 4 is 0 Å². The second kappa shape index (κ2) is 6.13. The number of ether oxygens (including phenoxy) is 1. The van der Waals surface area contributed by atoms with Crippen molar-refractivity contribution in [3.63, 3.8) is 0 Å². The summed E-state index contributed by atoms with van der Waals surface area (Å²) in [6.07, 6.45) is 6.59. The Morgan fingerprint density at radius 3 is 2.73 bits per heavy atom. The fourth-order valence-electron chi connectivity index (χ4n) is 3.62. The van der Waals surface area contributed by atoms with Crippen molar-refractivity contribution in [1.82, 2.24) is 14.7 Å². The van der Waals surface area contributed by atoms with E-state index >= 15 is 0 Å². The minimum absolute atomic E-state index is 0.0402. The van der Waals surface area contributed by atoms with Gasteiger partial charge in [0, 0.05) is 44.1 Å². The molecule has 0 radical (unpaired) electrons. The van der Waals surface area contributed by atoms with E-state index in [2.05, 4.69) is 10.00 Å². The van der Waals surface area contributed by atoms with E-state index in [9.17, 15) is 4.79 Å². The quantitative estimate of drug-likeness (QED) is 0.829. The Balaban J connectivity index is 1.28. The molecular weight excluding hydrogens is 278 g/mol. The Labute approximate surface area is 131 Å². The third kappa shape index (κ3) is 3.25. The molecule has 1 aliphatic carbocycles. The zero-order valence-electron chi connectivity index (χ0n) is 13.1. The topological polar surface area (TPSA) is 47.4 Å². The molecule has 1 aromatic heterocycles. The zero-order chi connectivity index (χ0) is 14.9. The monoisotopic (exact) mass is 303 g/mol. The molecule has 2 aliphatic heterocycles. The van der Waals surface area contributed by atoms with E-state index in [1.54, 1.807) is 10.7 Å². The third-order valence-electron chi connectivity index (χ3n) is 5.08. The highest BCUT2D eigenvalue weighted by Crippen LogP contribution is 2.38. The van der Waals surface area contributed by atoms with E-state index in [4.69, 9.17) is 4.74 Å². The number of nitrogens with zero attached hydrogens (tertiary/aromatic N) is 3. The highest BCUT2D eigenvalue weighted by Gasteiger charge is 2.31. The summed E-state index contributed by atoms with van der Waals surface area (Å²) in [5.41, 5.74) is 1.14. The smallest absolute Gasteiger partial charge is 0.266 e. The van der Waals surface area contributed by atoms with Gasteiger partial charge in [-0.3, -0.25) is 9.69 Å². The van der Waals surface area contributed by atoms with Gasteiger partial charge in [-0.05, 0) is 38.2 Å². The largest absolute Gasteiger partial charge is 0.377 e. The molecule has 5 nitrogen and oxygen atoms in total. The summed E-state index contributed by atoms with van der Waals surface area (Å²) in [7, 11) is 0. The van der Waals surface area contributed by atoms with E-state index in [1.807, 2.05) is 6.07 Å². The minimum Gasteiger partial charge on any atom is -0.377 e. The second-order valence-corrected chi connectivity index (χ2v) is 7.13. The maximum Gasteiger partial charge on any atom is 0.266 e. The van der Waals surface area contributed by atoms with Crippen LogP contribution < -0.4 is 5.56 Å². The standard InChI is InChI=1S/C17H25N3O2/c21-17-7-6-16(14-4-5-14)18-20(17)11-13-9-19(10-13)12-15-3-1-2-8-22-15/h6-7,13-15H,1-5,8-12H2. The molecule has 4 rings (SSSR count). The molecule has 5 heteroatoms. The number of rotatable bonds is 5. The van der Waals surface area contributed by atoms with Gasteiger partial charge in [-0.2, -0.15) is 5.10 Å². The van der Waals surface area contributed by atoms with Crippen molar-refractivity contribution in [2.75, 3.05) is 26.2 Å². The van der Waals surface area contributed by atoms with Crippen molar-refractivity contribution in [3.8, 4) is 0 Å². The Hall–Kier alpha value is -1.20. The van der Waals surface area contributed by atoms with Crippen molar-refractivity contribution < 1.29 is 4.74 Å². The molecule has 0 amide bonds. The van der Waals surface area contributed by atoms with Gasteiger partial charge >= 0.3 is 0 Å². The van der Waals surface area contributed by atoms with Crippen molar-refractivity contribution in [3.05, 3.63) is 28.2 Å². The molecule has 1 aromatic rings. The average molecular weight is 303 g/mol. The number of aromatic nitrogens is 2. The Morgan fingerprint density at radius 1 is 1.14 bits per heavy atom. The van der Waals surface area contributed by atoms with Gasteiger partial charge in [0.1, 0.15) is 0 Å². The molecular formula is C17H25N3O2. The van der Waals surface area contributed by atoms with Crippen molar-refractivity contribution in [2.24, 2.45) is 5.92 Å². The summed E-state index contributed by atoms with van der Waals surface area (Å²) in [6.45, 7) is 4.89. The molecule has 3 heterocycles. The van der Waals surface area contributed by atoms with Crippen LogP contribution in [0.15, 0.2) is 16.9 Å². The lowest BCUT2D eigenvalue weighted by atomic mass is 9.98. The molecule has 3 aliphatic rings. The number of hydrogen-bond donors (Lipinski definition) is 0. The normalized spacial score (nSPS) is 26.8. The van der Waals surface area contributed by atoms with Crippen LogP contribution in [-0.4, -0.2) is 47.0 Å². The van der Waals surface area contributed by atoms with Crippen LogP contribution in [0.5, 0.6) is 0 Å². The number of hydrogen-bond acceptors (Lipinski definition) is 4. The van der Waals surface area contributed by atoms with Gasteiger partial charge in [-0.15, -0.1) is 0 Å². The van der Waals surface area contributed by atoms with E-state index < -0.39 is 0 Å². The Bertz CT molecular complexity index is 570. The van der Waals surface area contributed by atoms with Gasteiger partial charge < -0.3 is 4.74 Å². The summed E-state index contributed by atoms with van der Waals surface area (Å²) < 4.78 is 7.48. The predicted octanol–water partition coefficient (Wildman–Crippen LogP) is 1.62. The zero-order valence-corrected chi connectivity index (χ0v) is 13.1. The fourth-order valence-corrected chi connectivity index (χ4v) is 3.62. The second-order valence-electron chi connectivity index (χ2n) is 7.13. The maximum atomic E-state index is 12.0. The van der Waals surface area contributed by atoms with Crippen LogP contribution in [0.25, 0.3) is 0 Å². The van der Waals surface area contributed by atoms with E-state index in [0.717, 1.165) is 38.5 Å². The molecule has 120 valence electrons. The summed E-state index contributed by atoms with van der Waals surface area (Å²) >= 11 is 0. The predicted molar refractivity (Wildman–Crippen MR) is 84.0 cm³/mol. The van der Waals surface area contributed by atoms with Crippen LogP contribution in [0.2, 0.25) is 0 Å². The molecule has 0 bridgehead atoms. The van der Waals surface area contributed by atoms with E-state index in [1.165, 1.54) is 32.1 Å². The first-order valence-electron chi connectivity index (χ1n) is 8.70. The molecule has 0 aromatic carbocycles. The van der Waals surface area contributed by atoms with Crippen LogP contribution in [0.3, 0.4) is 0 Å². The Morgan fingerprint density at radius 2 is 2.00 bits per heavy atom. The summed E-state index contributed by atoms with van der Waals surface area (Å²) in [5, 5.41) is 4.56. The fraction of sp³-hybridized carbons (Fsp3) is 0.765. The van der Waals surface area contributed by atoms with Gasteiger partial charge in [0.05, 0.1) is 18.3 Å². The van der Waals surface area contributed by atoms with E-state index in [0.29, 0.717) is 17.9 Å². The molecule has 0 spiro atoms. The highest BCUT2D eigenvalue weighted by molar-refractivity contribution is 5.12. The first-order chi connectivity index (χ1) is 10.8. The highest BCUT2D eigenvalue weighted by atomic mass is 16.5. The van der Waals surface area contributed by atoms with Crippen LogP contribution in [0.1, 0.15) is 43.7 Å². The summed E-state index contributed by atoms with van der Waals surface area (Å²) in [6, 6.07) is 3.59. The first-order valence-corrected chi connectivity index (χ1v) is 8.70. The van der Waals surface area contributed by atoms with Crippen molar-refractivity contribution in [2.45, 2.75) is 50.7 Å². The summed E-state index contributed by atoms with van der Waals surface area (Å²) in [5.74, 6) is 1.16. The molecule has 2 saturated heterocycles. The molecule has 22 heavy (non-hydrogen) atoms. The molecule has 1 atom stereocenters. The van der Waals surface area contributed by atoms with Gasteiger partial charge in [-0.1, -0.05) is 0 Å². The maximum absolute atomic E-state index is 12.0. The molecule has 3 fully saturated rings. The van der Waals surface area contributed by atoms with Crippen molar-refractivity contribution in [1.29, 1.82) is 0 Å². The van der Waals surface area contributed by atoms with Crippen LogP contribution in [0.4, 0.5) is 0 Å². The Kier molecular flexibility index (Phi) is 4.01. The third-order valence-corrected chi connectivity index (χ3v) is 5.08. The lowest BCUT2D eigenvalue weighted by Crippen LogP contribution is -2.52. The first kappa shape index (κ1) is 14.4. The van der Waals surface area contributed by atoms with Gasteiger partial charge in [0.15, 0.2) is 0 Å². The SMILES string of the molecule is O=c1ccc(C2CC2)nn1CC1CN(CC2CCCCO2)C1. The number of likely N-dealkylation sites (tertiary alicyclic amines) is 1. The van der Waals surface area contributed by atoms with Crippen LogP contribution in [0, 0.1) is 5.92 Å². The lowest BCUT2D eigenvalue weighted by molar-refractivity contribution is -0.0323. The minimum atomic E-state index is 0.0402. The average Bonchev–Trinajstić information content (AvgIpc) is 3.33. The molecule has 1 unspecified atom stereocenters. The van der Waals surface area contributed by atoms with Crippen LogP contribution >= 0.6 is 0 Å². The lowest BCUT2D eigenvalue weighted by Gasteiger charge is -2.41. The summed E-state index contributed by atoms with van der Waals surface area (Å²) in [4.78, 5) is 14.4. The van der Waals surface area contributed by atoms with Gasteiger partial charge in [-0.25, -0.2) is 4.68 Å². The van der Waals surface area contributed by atoms with E-state index in [-0.39, 0.29) is 5.56 Å². The van der Waals surface area contributed by atoms with Gasteiger partial charge in [0.25, 0.3) is 5.56 Å². The molecule has 1 saturated carbocycles.